The van der Waals surface area contributed by atoms with Gasteiger partial charge in [0.25, 0.3) is 5.56 Å². The van der Waals surface area contributed by atoms with E-state index >= 15 is 0 Å². The average molecular weight is 427 g/mol. The number of amides is 1. The Morgan fingerprint density at radius 3 is 2.50 bits per heavy atom. The normalized spacial score (nSPS) is 25.7. The molecule has 3 atom stereocenters. The quantitative estimate of drug-likeness (QED) is 0.752. The molecule has 2 heterocycles. The van der Waals surface area contributed by atoms with Crippen molar-refractivity contribution in [2.75, 3.05) is 31.1 Å². The molecule has 2 aromatic rings. The van der Waals surface area contributed by atoms with Crippen LogP contribution in [0.1, 0.15) is 32.1 Å². The molecule has 0 unspecified atom stereocenters. The van der Waals surface area contributed by atoms with Crippen LogP contribution in [0.4, 0.5) is 5.69 Å². The Balaban J connectivity index is 1.23. The fraction of sp³-hybridized carbons (Fsp3) is 0.522. The lowest BCUT2D eigenvalue weighted by Crippen LogP contribution is -2.49. The first-order valence-electron chi connectivity index (χ1n) is 11.0. The van der Waals surface area contributed by atoms with Gasteiger partial charge in [0.2, 0.25) is 5.91 Å². The zero-order valence-corrected chi connectivity index (χ0v) is 17.8. The van der Waals surface area contributed by atoms with Crippen molar-refractivity contribution in [1.82, 2.24) is 14.7 Å². The highest BCUT2D eigenvalue weighted by Gasteiger charge is 2.40. The number of fused-ring (bicyclic) bond motifs is 2. The highest BCUT2D eigenvalue weighted by atomic mass is 35.5. The third-order valence-corrected chi connectivity index (χ3v) is 7.55. The van der Waals surface area contributed by atoms with E-state index in [9.17, 15) is 9.59 Å². The second kappa shape index (κ2) is 8.06. The summed E-state index contributed by atoms with van der Waals surface area (Å²) in [7, 11) is 0. The zero-order valence-electron chi connectivity index (χ0n) is 17.0. The van der Waals surface area contributed by atoms with Gasteiger partial charge in [0.05, 0.1) is 17.6 Å². The number of halogens is 1. The number of hydrogen-bond donors (Lipinski definition) is 0. The Bertz CT molecular complexity index is 984. The lowest BCUT2D eigenvalue weighted by molar-refractivity contribution is -0.132. The van der Waals surface area contributed by atoms with Gasteiger partial charge in [0, 0.05) is 32.6 Å². The number of benzene rings is 1. The van der Waals surface area contributed by atoms with Crippen molar-refractivity contribution in [2.24, 2.45) is 17.8 Å². The highest BCUT2D eigenvalue weighted by Crippen LogP contribution is 2.49. The highest BCUT2D eigenvalue weighted by molar-refractivity contribution is 6.33. The summed E-state index contributed by atoms with van der Waals surface area (Å²) in [5, 5.41) is 4.50. The van der Waals surface area contributed by atoms with Crippen LogP contribution in [0.15, 0.2) is 41.3 Å². The predicted molar refractivity (Wildman–Crippen MR) is 117 cm³/mol. The van der Waals surface area contributed by atoms with Crippen molar-refractivity contribution < 1.29 is 4.79 Å². The number of hydrogen-bond acceptors (Lipinski definition) is 4. The van der Waals surface area contributed by atoms with Gasteiger partial charge in [-0.05, 0) is 49.1 Å². The van der Waals surface area contributed by atoms with Crippen molar-refractivity contribution in [3.05, 3.63) is 51.9 Å². The maximum absolute atomic E-state index is 12.8. The Labute approximate surface area is 181 Å². The van der Waals surface area contributed by atoms with E-state index < -0.39 is 0 Å². The molecule has 2 saturated carbocycles. The molecule has 1 saturated heterocycles. The fourth-order valence-electron chi connectivity index (χ4n) is 5.57. The van der Waals surface area contributed by atoms with Crippen LogP contribution >= 0.6 is 11.6 Å². The summed E-state index contributed by atoms with van der Waals surface area (Å²) in [6.07, 6.45) is 7.63. The van der Waals surface area contributed by atoms with Crippen LogP contribution in [0.2, 0.25) is 5.02 Å². The molecule has 0 N–H and O–H groups in total. The summed E-state index contributed by atoms with van der Waals surface area (Å²) in [5.74, 6) is 2.54. The molecule has 1 aromatic carbocycles. The molecular weight excluding hydrogens is 400 g/mol. The number of carbonyl (C=O) groups excluding carboxylic acids is 1. The third kappa shape index (κ3) is 3.62. The first-order chi connectivity index (χ1) is 14.6. The minimum atomic E-state index is -0.324. The minimum absolute atomic E-state index is 0.176. The van der Waals surface area contributed by atoms with E-state index in [4.69, 9.17) is 11.6 Å². The minimum Gasteiger partial charge on any atom is -0.365 e. The molecule has 0 spiro atoms. The maximum Gasteiger partial charge on any atom is 0.292 e. The van der Waals surface area contributed by atoms with E-state index in [1.807, 2.05) is 35.2 Å². The number of aromatic nitrogens is 2. The summed E-state index contributed by atoms with van der Waals surface area (Å²) in [5.41, 5.74) is 1.01. The number of carbonyl (C=O) groups is 1. The zero-order chi connectivity index (χ0) is 20.7. The molecule has 1 amide bonds. The monoisotopic (exact) mass is 426 g/mol. The Kier molecular flexibility index (Phi) is 5.27. The number of para-hydroxylation sites is 1. The fourth-order valence-corrected chi connectivity index (χ4v) is 5.82. The number of nitrogens with zero attached hydrogens (tertiary/aromatic N) is 4. The molecule has 158 valence electrons. The van der Waals surface area contributed by atoms with Gasteiger partial charge >= 0.3 is 0 Å². The van der Waals surface area contributed by atoms with Gasteiger partial charge < -0.3 is 9.80 Å². The molecule has 3 fully saturated rings. The van der Waals surface area contributed by atoms with Crippen LogP contribution in [0.3, 0.4) is 0 Å². The maximum atomic E-state index is 12.8. The lowest BCUT2D eigenvalue weighted by Gasteiger charge is -2.37. The summed E-state index contributed by atoms with van der Waals surface area (Å²) < 4.78 is 1.32. The number of anilines is 1. The van der Waals surface area contributed by atoms with Crippen LogP contribution in [-0.4, -0.2) is 46.8 Å². The van der Waals surface area contributed by atoms with Crippen molar-refractivity contribution >= 4 is 23.2 Å². The van der Waals surface area contributed by atoms with Crippen LogP contribution in [0.25, 0.3) is 5.69 Å². The molecule has 1 aromatic heterocycles. The molecule has 3 aliphatic rings. The largest absolute Gasteiger partial charge is 0.365 e. The van der Waals surface area contributed by atoms with Gasteiger partial charge in [0.15, 0.2) is 0 Å². The standard InChI is InChI=1S/C23H27ClN4O2/c24-22-20(15-25-28(23(22)30)19-4-2-1-3-5-19)26-8-10-27(11-9-26)21(29)14-18-13-16-6-7-17(18)12-16/h1-5,15-18H,6-14H2/t16-,17-,18+/m0/s1. The molecule has 7 heteroatoms. The van der Waals surface area contributed by atoms with E-state index in [1.54, 1.807) is 6.20 Å². The number of rotatable bonds is 4. The van der Waals surface area contributed by atoms with Crippen molar-refractivity contribution in [1.29, 1.82) is 0 Å². The van der Waals surface area contributed by atoms with Crippen LogP contribution in [0.5, 0.6) is 0 Å². The van der Waals surface area contributed by atoms with Gasteiger partial charge in [-0.3, -0.25) is 9.59 Å². The van der Waals surface area contributed by atoms with Gasteiger partial charge in [-0.25, -0.2) is 0 Å². The van der Waals surface area contributed by atoms with Gasteiger partial charge in [-0.2, -0.15) is 9.78 Å². The topological polar surface area (TPSA) is 58.4 Å². The summed E-state index contributed by atoms with van der Waals surface area (Å²) in [4.78, 5) is 29.6. The molecule has 1 aliphatic heterocycles. The van der Waals surface area contributed by atoms with Gasteiger partial charge in [0.1, 0.15) is 5.02 Å². The smallest absolute Gasteiger partial charge is 0.292 e. The molecular formula is C23H27ClN4O2. The summed E-state index contributed by atoms with van der Waals surface area (Å²) in [6.45, 7) is 2.66. The van der Waals surface area contributed by atoms with Crippen molar-refractivity contribution in [3.8, 4) is 5.69 Å². The molecule has 2 aliphatic carbocycles. The Morgan fingerprint density at radius 2 is 1.83 bits per heavy atom. The van der Waals surface area contributed by atoms with Crippen LogP contribution in [0, 0.1) is 17.8 Å². The summed E-state index contributed by atoms with van der Waals surface area (Å²) in [6, 6.07) is 9.26. The number of piperazine rings is 1. The molecule has 5 rings (SSSR count). The molecule has 0 radical (unpaired) electrons. The second-order valence-corrected chi connectivity index (χ2v) is 9.28. The van der Waals surface area contributed by atoms with Gasteiger partial charge in [-0.1, -0.05) is 36.2 Å². The molecule has 30 heavy (non-hydrogen) atoms. The first kappa shape index (κ1) is 19.6. The van der Waals surface area contributed by atoms with E-state index in [0.717, 1.165) is 11.8 Å². The second-order valence-electron chi connectivity index (χ2n) is 8.90. The van der Waals surface area contributed by atoms with E-state index in [0.29, 0.717) is 49.9 Å². The third-order valence-electron chi connectivity index (χ3n) is 7.20. The lowest BCUT2D eigenvalue weighted by atomic mass is 9.86. The van der Waals surface area contributed by atoms with E-state index in [-0.39, 0.29) is 16.5 Å². The van der Waals surface area contributed by atoms with Crippen molar-refractivity contribution in [3.63, 3.8) is 0 Å². The van der Waals surface area contributed by atoms with Crippen LogP contribution in [-0.2, 0) is 4.79 Å². The SMILES string of the molecule is O=C(C[C@H]1C[C@H]2CC[C@H]1C2)N1CCN(c2cnn(-c3ccccc3)c(=O)c2Cl)CC1. The Morgan fingerprint density at radius 1 is 1.07 bits per heavy atom. The molecule has 2 bridgehead atoms. The predicted octanol–water partition coefficient (Wildman–Crippen LogP) is 3.36. The molecule has 6 nitrogen and oxygen atoms in total. The van der Waals surface area contributed by atoms with Crippen molar-refractivity contribution in [2.45, 2.75) is 32.1 Å². The van der Waals surface area contributed by atoms with Gasteiger partial charge in [-0.15, -0.1) is 0 Å². The van der Waals surface area contributed by atoms with E-state index in [1.165, 1.54) is 30.4 Å². The average Bonchev–Trinajstić information content (AvgIpc) is 3.40. The summed E-state index contributed by atoms with van der Waals surface area (Å²) >= 11 is 6.43. The van der Waals surface area contributed by atoms with Crippen LogP contribution < -0.4 is 10.5 Å². The first-order valence-corrected chi connectivity index (χ1v) is 11.3. The van der Waals surface area contributed by atoms with E-state index in [2.05, 4.69) is 10.00 Å². The Hall–Kier alpha value is -2.34.